The van der Waals surface area contributed by atoms with E-state index in [0.29, 0.717) is 4.77 Å². The van der Waals surface area contributed by atoms with Crippen molar-refractivity contribution in [2.45, 2.75) is 19.3 Å². The molecule has 0 saturated heterocycles. The Kier molecular flexibility index (Phi) is 3.11. The van der Waals surface area contributed by atoms with Crippen molar-refractivity contribution in [2.75, 3.05) is 11.9 Å². The second kappa shape index (κ2) is 4.90. The molecule has 1 aliphatic rings. The molecule has 1 aromatic carbocycles. The van der Waals surface area contributed by atoms with Crippen molar-refractivity contribution >= 4 is 18.0 Å². The highest BCUT2D eigenvalue weighted by Crippen LogP contribution is 2.28. The monoisotopic (exact) mass is 257 g/mol. The fourth-order valence-electron chi connectivity index (χ4n) is 2.37. The molecule has 0 amide bonds. The Labute approximate surface area is 111 Å². The molecular weight excluding hydrogens is 242 g/mol. The quantitative estimate of drug-likeness (QED) is 0.767. The molecule has 2 aromatic rings. The topological polar surface area (TPSA) is 40.7 Å². The zero-order valence-electron chi connectivity index (χ0n) is 10.1. The Morgan fingerprint density at radius 1 is 1.11 bits per heavy atom. The Morgan fingerprint density at radius 2 is 1.94 bits per heavy atom. The van der Waals surface area contributed by atoms with Crippen LogP contribution >= 0.6 is 12.2 Å². The van der Waals surface area contributed by atoms with Crippen molar-refractivity contribution in [3.8, 4) is 11.3 Å². The minimum Gasteiger partial charge on any atom is -0.370 e. The van der Waals surface area contributed by atoms with Gasteiger partial charge in [0.1, 0.15) is 5.82 Å². The third kappa shape index (κ3) is 2.16. The van der Waals surface area contributed by atoms with E-state index in [2.05, 4.69) is 27.4 Å². The summed E-state index contributed by atoms with van der Waals surface area (Å²) in [5, 5.41) is 3.38. The van der Waals surface area contributed by atoms with Gasteiger partial charge in [0.2, 0.25) is 0 Å². The minimum absolute atomic E-state index is 0.544. The lowest BCUT2D eigenvalue weighted by Gasteiger charge is -2.12. The standard InChI is InChI=1S/C14H15N3S/c18-14-16-12(10-6-2-1-3-7-10)11-8-4-5-9-15-13(11)17-14/h1-3,6-7H,4-5,8-9H2,(H2,15,16,17,18). The fourth-order valence-corrected chi connectivity index (χ4v) is 2.57. The molecule has 0 aliphatic carbocycles. The zero-order chi connectivity index (χ0) is 12.4. The van der Waals surface area contributed by atoms with Crippen molar-refractivity contribution in [1.29, 1.82) is 0 Å². The van der Waals surface area contributed by atoms with Crippen molar-refractivity contribution < 1.29 is 0 Å². The highest BCUT2D eigenvalue weighted by Gasteiger charge is 2.14. The lowest BCUT2D eigenvalue weighted by molar-refractivity contribution is 0.785. The van der Waals surface area contributed by atoms with Crippen LogP contribution in [0.2, 0.25) is 0 Å². The first kappa shape index (κ1) is 11.4. The first-order chi connectivity index (χ1) is 8.84. The number of benzene rings is 1. The Hall–Kier alpha value is -1.68. The van der Waals surface area contributed by atoms with Crippen LogP contribution in [-0.2, 0) is 6.42 Å². The van der Waals surface area contributed by atoms with Gasteiger partial charge in [-0.25, -0.2) is 4.98 Å². The molecular formula is C14H15N3S. The molecule has 92 valence electrons. The number of hydrogen-bond donors (Lipinski definition) is 2. The summed E-state index contributed by atoms with van der Waals surface area (Å²) in [5.74, 6) is 0.954. The molecule has 0 fully saturated rings. The molecule has 2 N–H and O–H groups in total. The van der Waals surface area contributed by atoms with Gasteiger partial charge in [-0.15, -0.1) is 0 Å². The molecule has 0 atom stereocenters. The number of H-pyrrole nitrogens is 1. The number of aromatic nitrogens is 2. The van der Waals surface area contributed by atoms with E-state index >= 15 is 0 Å². The lowest BCUT2D eigenvalue weighted by atomic mass is 10.0. The van der Waals surface area contributed by atoms with Crippen molar-refractivity contribution in [3.05, 3.63) is 40.7 Å². The van der Waals surface area contributed by atoms with Gasteiger partial charge in [-0.05, 0) is 37.0 Å². The lowest BCUT2D eigenvalue weighted by Crippen LogP contribution is -2.05. The van der Waals surface area contributed by atoms with Crippen LogP contribution in [0.1, 0.15) is 18.4 Å². The third-order valence-corrected chi connectivity index (χ3v) is 3.43. The van der Waals surface area contributed by atoms with Gasteiger partial charge in [-0.3, -0.25) is 0 Å². The van der Waals surface area contributed by atoms with Gasteiger partial charge in [0, 0.05) is 12.1 Å². The van der Waals surface area contributed by atoms with Gasteiger partial charge in [-0.1, -0.05) is 30.3 Å². The SMILES string of the molecule is S=c1nc2c(c(-c3ccccc3)[nH]1)CCCCN2. The number of nitrogens with zero attached hydrogens (tertiary/aromatic N) is 1. The largest absolute Gasteiger partial charge is 0.370 e. The molecule has 1 aromatic heterocycles. The average molecular weight is 257 g/mol. The molecule has 0 spiro atoms. The summed E-state index contributed by atoms with van der Waals surface area (Å²) < 4.78 is 0.544. The highest BCUT2D eigenvalue weighted by atomic mass is 32.1. The van der Waals surface area contributed by atoms with Gasteiger partial charge < -0.3 is 10.3 Å². The number of nitrogens with one attached hydrogen (secondary N) is 2. The van der Waals surface area contributed by atoms with E-state index in [1.807, 2.05) is 18.2 Å². The van der Waals surface area contributed by atoms with Crippen LogP contribution < -0.4 is 5.32 Å². The summed E-state index contributed by atoms with van der Waals surface area (Å²) in [6.45, 7) is 0.979. The molecule has 2 heterocycles. The zero-order valence-corrected chi connectivity index (χ0v) is 10.9. The van der Waals surface area contributed by atoms with E-state index in [1.54, 1.807) is 0 Å². The van der Waals surface area contributed by atoms with Gasteiger partial charge >= 0.3 is 0 Å². The summed E-state index contributed by atoms with van der Waals surface area (Å²) in [7, 11) is 0. The number of aromatic amines is 1. The van der Waals surface area contributed by atoms with E-state index in [1.165, 1.54) is 24.0 Å². The normalized spacial score (nSPS) is 14.4. The van der Waals surface area contributed by atoms with Crippen LogP contribution in [0.5, 0.6) is 0 Å². The fraction of sp³-hybridized carbons (Fsp3) is 0.286. The second-order valence-corrected chi connectivity index (χ2v) is 4.88. The van der Waals surface area contributed by atoms with Gasteiger partial charge in [0.15, 0.2) is 4.77 Å². The molecule has 18 heavy (non-hydrogen) atoms. The first-order valence-corrected chi connectivity index (χ1v) is 6.68. The van der Waals surface area contributed by atoms with Crippen molar-refractivity contribution in [3.63, 3.8) is 0 Å². The van der Waals surface area contributed by atoms with Crippen LogP contribution in [0, 0.1) is 4.77 Å². The molecule has 4 heteroatoms. The molecule has 0 bridgehead atoms. The maximum absolute atomic E-state index is 5.22. The summed E-state index contributed by atoms with van der Waals surface area (Å²) in [6, 6.07) is 10.3. The number of anilines is 1. The molecule has 0 unspecified atom stereocenters. The molecule has 0 radical (unpaired) electrons. The molecule has 0 saturated carbocycles. The minimum atomic E-state index is 0.544. The summed E-state index contributed by atoms with van der Waals surface area (Å²) in [4.78, 5) is 7.65. The van der Waals surface area contributed by atoms with Gasteiger partial charge in [-0.2, -0.15) is 0 Å². The second-order valence-electron chi connectivity index (χ2n) is 4.49. The van der Waals surface area contributed by atoms with Crippen LogP contribution in [0.4, 0.5) is 5.82 Å². The first-order valence-electron chi connectivity index (χ1n) is 6.27. The average Bonchev–Trinajstić information content (AvgIpc) is 2.64. The number of hydrogen-bond acceptors (Lipinski definition) is 3. The smallest absolute Gasteiger partial charge is 0.199 e. The van der Waals surface area contributed by atoms with E-state index in [-0.39, 0.29) is 0 Å². The van der Waals surface area contributed by atoms with Crippen LogP contribution in [-0.4, -0.2) is 16.5 Å². The Balaban J connectivity index is 2.20. The maximum Gasteiger partial charge on any atom is 0.199 e. The Morgan fingerprint density at radius 3 is 2.78 bits per heavy atom. The molecule has 1 aliphatic heterocycles. The van der Waals surface area contributed by atoms with E-state index in [0.717, 1.165) is 24.5 Å². The van der Waals surface area contributed by atoms with Crippen LogP contribution in [0.3, 0.4) is 0 Å². The predicted molar refractivity (Wildman–Crippen MR) is 76.3 cm³/mol. The molecule has 3 nitrogen and oxygen atoms in total. The third-order valence-electron chi connectivity index (χ3n) is 3.24. The summed E-state index contributed by atoms with van der Waals surface area (Å²) in [5.41, 5.74) is 3.54. The summed E-state index contributed by atoms with van der Waals surface area (Å²) >= 11 is 5.22. The van der Waals surface area contributed by atoms with Gasteiger partial charge in [0.25, 0.3) is 0 Å². The predicted octanol–water partition coefficient (Wildman–Crippen LogP) is 3.55. The Bertz CT molecular complexity index is 604. The summed E-state index contributed by atoms with van der Waals surface area (Å²) in [6.07, 6.45) is 3.41. The van der Waals surface area contributed by atoms with E-state index < -0.39 is 0 Å². The van der Waals surface area contributed by atoms with Gasteiger partial charge in [0.05, 0.1) is 5.69 Å². The van der Waals surface area contributed by atoms with E-state index in [9.17, 15) is 0 Å². The molecule has 3 rings (SSSR count). The van der Waals surface area contributed by atoms with Crippen molar-refractivity contribution in [1.82, 2.24) is 9.97 Å². The number of rotatable bonds is 1. The van der Waals surface area contributed by atoms with E-state index in [4.69, 9.17) is 12.2 Å². The maximum atomic E-state index is 5.22. The van der Waals surface area contributed by atoms with Crippen LogP contribution in [0.15, 0.2) is 30.3 Å². The number of fused-ring (bicyclic) bond motifs is 1. The highest BCUT2D eigenvalue weighted by molar-refractivity contribution is 7.71. The van der Waals surface area contributed by atoms with Crippen molar-refractivity contribution in [2.24, 2.45) is 0 Å². The van der Waals surface area contributed by atoms with Crippen LogP contribution in [0.25, 0.3) is 11.3 Å².